The van der Waals surface area contributed by atoms with Crippen LogP contribution in [0.15, 0.2) is 41.0 Å². The predicted octanol–water partition coefficient (Wildman–Crippen LogP) is 4.06. The van der Waals surface area contributed by atoms with Gasteiger partial charge >= 0.3 is 6.03 Å². The third-order valence-corrected chi connectivity index (χ3v) is 5.80. The molecule has 2 amide bonds. The number of imidazole rings is 1. The van der Waals surface area contributed by atoms with E-state index in [1.165, 1.54) is 0 Å². The number of halogens is 1. The average molecular weight is 414 g/mol. The van der Waals surface area contributed by atoms with Crippen LogP contribution in [0.25, 0.3) is 11.2 Å². The predicted molar refractivity (Wildman–Crippen MR) is 105 cm³/mol. The first kappa shape index (κ1) is 17.0. The number of hydrogen-bond donors (Lipinski definition) is 1. The van der Waals surface area contributed by atoms with E-state index in [2.05, 4.69) is 26.2 Å². The molecular formula is C19H20BrN5O. The van der Waals surface area contributed by atoms with Crippen LogP contribution in [-0.2, 0) is 7.05 Å². The van der Waals surface area contributed by atoms with E-state index in [-0.39, 0.29) is 11.9 Å². The zero-order chi connectivity index (χ0) is 18.3. The smallest absolute Gasteiger partial charge is 0.321 e. The van der Waals surface area contributed by atoms with Crippen molar-refractivity contribution in [3.63, 3.8) is 0 Å². The lowest BCUT2D eigenvalue weighted by Crippen LogP contribution is -2.33. The number of nitrogens with zero attached hydrogens (tertiary/aromatic N) is 4. The van der Waals surface area contributed by atoms with Gasteiger partial charge in [0.25, 0.3) is 0 Å². The Bertz CT molecular complexity index is 983. The quantitative estimate of drug-likeness (QED) is 0.688. The third-order valence-electron chi connectivity index (χ3n) is 4.91. The number of anilines is 1. The van der Waals surface area contributed by atoms with Gasteiger partial charge in [-0.3, -0.25) is 0 Å². The zero-order valence-corrected chi connectivity index (χ0v) is 16.3. The van der Waals surface area contributed by atoms with E-state index in [9.17, 15) is 4.79 Å². The lowest BCUT2D eigenvalue weighted by Gasteiger charge is -2.18. The first-order chi connectivity index (χ1) is 12.5. The van der Waals surface area contributed by atoms with E-state index in [1.54, 1.807) is 6.20 Å². The largest absolute Gasteiger partial charge is 0.324 e. The van der Waals surface area contributed by atoms with Crippen molar-refractivity contribution in [2.75, 3.05) is 18.4 Å². The molecule has 1 N–H and O–H groups in total. The summed E-state index contributed by atoms with van der Waals surface area (Å²) in [6.45, 7) is 3.40. The third kappa shape index (κ3) is 3.07. The first-order valence-corrected chi connectivity index (χ1v) is 9.41. The summed E-state index contributed by atoms with van der Waals surface area (Å²) in [4.78, 5) is 23.6. The maximum absolute atomic E-state index is 12.6. The molecule has 1 aliphatic rings. The second-order valence-corrected chi connectivity index (χ2v) is 7.56. The van der Waals surface area contributed by atoms with E-state index >= 15 is 0 Å². The lowest BCUT2D eigenvalue weighted by atomic mass is 10.1. The Balaban J connectivity index is 1.48. The molecule has 7 heteroatoms. The number of benzene rings is 1. The molecule has 1 aliphatic heterocycles. The standard InChI is InChI=1S/C19H20BrN5O/c1-12-10-14(5-6-15(12)20)22-19(26)25-9-7-13(11-25)17-23-16-4-3-8-21-18(16)24(17)2/h3-6,8,10,13H,7,9,11H2,1-2H3,(H,22,26). The number of hydrogen-bond acceptors (Lipinski definition) is 3. The van der Waals surface area contributed by atoms with Gasteiger partial charge in [-0.25, -0.2) is 14.8 Å². The monoisotopic (exact) mass is 413 g/mol. The van der Waals surface area contributed by atoms with E-state index < -0.39 is 0 Å². The number of rotatable bonds is 2. The normalized spacial score (nSPS) is 17.0. The van der Waals surface area contributed by atoms with Crippen LogP contribution in [0.2, 0.25) is 0 Å². The minimum Gasteiger partial charge on any atom is -0.324 e. The summed E-state index contributed by atoms with van der Waals surface area (Å²) in [5.41, 5.74) is 3.69. The minimum absolute atomic E-state index is 0.0638. The molecule has 0 radical (unpaired) electrons. The molecule has 1 fully saturated rings. The molecule has 134 valence electrons. The fraction of sp³-hybridized carbons (Fsp3) is 0.316. The highest BCUT2D eigenvalue weighted by atomic mass is 79.9. The fourth-order valence-electron chi connectivity index (χ4n) is 3.49. The maximum atomic E-state index is 12.6. The van der Waals surface area contributed by atoms with Gasteiger partial charge in [-0.1, -0.05) is 15.9 Å². The Kier molecular flexibility index (Phi) is 4.40. The SMILES string of the molecule is Cc1cc(NC(=O)N2CCC(c3nc4cccnc4n3C)C2)ccc1Br. The van der Waals surface area contributed by atoms with Crippen LogP contribution in [0, 0.1) is 6.92 Å². The summed E-state index contributed by atoms with van der Waals surface area (Å²) in [5, 5.41) is 2.99. The molecule has 3 aromatic rings. The number of likely N-dealkylation sites (tertiary alicyclic amines) is 1. The van der Waals surface area contributed by atoms with Gasteiger partial charge in [-0.2, -0.15) is 0 Å². The molecule has 1 aromatic carbocycles. The highest BCUT2D eigenvalue weighted by molar-refractivity contribution is 9.10. The van der Waals surface area contributed by atoms with Gasteiger partial charge in [0.1, 0.15) is 11.3 Å². The van der Waals surface area contributed by atoms with Gasteiger partial charge in [-0.05, 0) is 49.2 Å². The number of carbonyl (C=O) groups excluding carboxylic acids is 1. The van der Waals surface area contributed by atoms with E-state index in [0.717, 1.165) is 45.7 Å². The number of amides is 2. The number of pyridine rings is 1. The highest BCUT2D eigenvalue weighted by Crippen LogP contribution is 2.29. The van der Waals surface area contributed by atoms with Crippen molar-refractivity contribution in [2.24, 2.45) is 7.05 Å². The topological polar surface area (TPSA) is 63.1 Å². The molecular weight excluding hydrogens is 394 g/mol. The van der Waals surface area contributed by atoms with E-state index in [0.29, 0.717) is 6.54 Å². The maximum Gasteiger partial charge on any atom is 0.321 e. The van der Waals surface area contributed by atoms with Crippen LogP contribution >= 0.6 is 15.9 Å². The molecule has 3 heterocycles. The summed E-state index contributed by atoms with van der Waals surface area (Å²) in [6, 6.07) is 9.62. The molecule has 26 heavy (non-hydrogen) atoms. The Labute approximate surface area is 160 Å². The van der Waals surface area contributed by atoms with Gasteiger partial charge in [-0.15, -0.1) is 0 Å². The number of urea groups is 1. The van der Waals surface area contributed by atoms with Gasteiger partial charge in [0, 0.05) is 42.4 Å². The van der Waals surface area contributed by atoms with Crippen LogP contribution in [0.1, 0.15) is 23.7 Å². The van der Waals surface area contributed by atoms with Crippen LogP contribution in [0.3, 0.4) is 0 Å². The molecule has 1 saturated heterocycles. The minimum atomic E-state index is -0.0638. The van der Waals surface area contributed by atoms with Crippen LogP contribution in [0.5, 0.6) is 0 Å². The summed E-state index contributed by atoms with van der Waals surface area (Å²) in [5.74, 6) is 1.22. The van der Waals surface area contributed by atoms with Crippen molar-refractivity contribution in [3.8, 4) is 0 Å². The molecule has 0 bridgehead atoms. The summed E-state index contributed by atoms with van der Waals surface area (Å²) < 4.78 is 3.08. The van der Waals surface area contributed by atoms with E-state index in [1.807, 2.05) is 53.8 Å². The van der Waals surface area contributed by atoms with Crippen molar-refractivity contribution in [1.29, 1.82) is 0 Å². The van der Waals surface area contributed by atoms with Crippen LogP contribution < -0.4 is 5.32 Å². The summed E-state index contributed by atoms with van der Waals surface area (Å²) in [6.07, 6.45) is 2.69. The highest BCUT2D eigenvalue weighted by Gasteiger charge is 2.30. The molecule has 0 spiro atoms. The second-order valence-electron chi connectivity index (χ2n) is 6.70. The molecule has 2 aromatic heterocycles. The van der Waals surface area contributed by atoms with Crippen molar-refractivity contribution in [3.05, 3.63) is 52.4 Å². The number of fused-ring (bicyclic) bond motifs is 1. The lowest BCUT2D eigenvalue weighted by molar-refractivity contribution is 0.222. The average Bonchev–Trinajstić information content (AvgIpc) is 3.24. The fourth-order valence-corrected chi connectivity index (χ4v) is 3.73. The second kappa shape index (κ2) is 6.72. The summed E-state index contributed by atoms with van der Waals surface area (Å²) in [7, 11) is 1.99. The first-order valence-electron chi connectivity index (χ1n) is 8.62. The van der Waals surface area contributed by atoms with Gasteiger partial charge in [0.05, 0.1) is 0 Å². The number of carbonyl (C=O) groups is 1. The molecule has 0 aliphatic carbocycles. The molecule has 6 nitrogen and oxygen atoms in total. The number of nitrogens with one attached hydrogen (secondary N) is 1. The van der Waals surface area contributed by atoms with Gasteiger partial charge < -0.3 is 14.8 Å². The molecule has 4 rings (SSSR count). The van der Waals surface area contributed by atoms with Gasteiger partial charge in [0.15, 0.2) is 5.65 Å². The van der Waals surface area contributed by atoms with Crippen molar-refractivity contribution < 1.29 is 4.79 Å². The van der Waals surface area contributed by atoms with Gasteiger partial charge in [0.2, 0.25) is 0 Å². The zero-order valence-electron chi connectivity index (χ0n) is 14.7. The Morgan fingerprint density at radius 3 is 2.96 bits per heavy atom. The molecule has 0 saturated carbocycles. The van der Waals surface area contributed by atoms with E-state index in [4.69, 9.17) is 4.98 Å². The Morgan fingerprint density at radius 1 is 1.35 bits per heavy atom. The van der Waals surface area contributed by atoms with Crippen LogP contribution in [0.4, 0.5) is 10.5 Å². The van der Waals surface area contributed by atoms with Crippen molar-refractivity contribution >= 4 is 38.8 Å². The Morgan fingerprint density at radius 2 is 2.19 bits per heavy atom. The van der Waals surface area contributed by atoms with Crippen molar-refractivity contribution in [1.82, 2.24) is 19.4 Å². The number of aryl methyl sites for hydroxylation is 2. The number of aromatic nitrogens is 3. The van der Waals surface area contributed by atoms with Crippen molar-refractivity contribution in [2.45, 2.75) is 19.3 Å². The Hall–Kier alpha value is -2.41. The molecule has 1 unspecified atom stereocenters. The van der Waals surface area contributed by atoms with Crippen LogP contribution in [-0.4, -0.2) is 38.6 Å². The molecule has 1 atom stereocenters. The summed E-state index contributed by atoms with van der Waals surface area (Å²) >= 11 is 3.48.